The molecule has 10 heteroatoms. The molecule has 0 saturated heterocycles. The Hall–Kier alpha value is -1.06. The smallest absolute Gasteiger partial charge is 0.457 e. The number of aliphatic hydroxyl groups excluding tert-OH is 2. The van der Waals surface area contributed by atoms with Crippen LogP contribution in [0.4, 0.5) is 0 Å². The summed E-state index contributed by atoms with van der Waals surface area (Å²) in [7, 11) is -4.51. The number of aliphatic hydroxyl groups is 2. The van der Waals surface area contributed by atoms with Crippen molar-refractivity contribution < 1.29 is 43.0 Å². The van der Waals surface area contributed by atoms with Crippen LogP contribution in [0.1, 0.15) is 194 Å². The molecule has 0 aliphatic carbocycles. The molecule has 3 unspecified atom stereocenters. The number of carbonyl (C=O) groups is 1. The zero-order chi connectivity index (χ0) is 38.2. The summed E-state index contributed by atoms with van der Waals surface area (Å²) in [6.07, 6.45) is 39.9. The summed E-state index contributed by atoms with van der Waals surface area (Å²) in [6, 6.07) is 0. The third-order valence-electron chi connectivity index (χ3n) is 9.11. The number of hydrogen-bond acceptors (Lipinski definition) is 8. The molecule has 0 heterocycles. The molecule has 0 bridgehead atoms. The second-order valence-corrected chi connectivity index (χ2v) is 15.8. The summed E-state index contributed by atoms with van der Waals surface area (Å²) >= 11 is 0. The highest BCUT2D eigenvalue weighted by Gasteiger charge is 2.26. The van der Waals surface area contributed by atoms with Gasteiger partial charge in [-0.3, -0.25) is 13.8 Å². The lowest BCUT2D eigenvalue weighted by atomic mass is 10.1. The lowest BCUT2D eigenvalue weighted by Crippen LogP contribution is -2.29. The first-order valence-electron chi connectivity index (χ1n) is 21.3. The molecular weight excluding hydrogens is 679 g/mol. The Morgan fingerprint density at radius 3 is 1.48 bits per heavy atom. The van der Waals surface area contributed by atoms with Crippen molar-refractivity contribution in [3.63, 3.8) is 0 Å². The van der Waals surface area contributed by atoms with Crippen molar-refractivity contribution in [3.05, 3.63) is 24.3 Å². The largest absolute Gasteiger partial charge is 0.472 e. The number of phosphoric ester groups is 1. The third-order valence-corrected chi connectivity index (χ3v) is 10.1. The van der Waals surface area contributed by atoms with E-state index in [2.05, 4.69) is 38.2 Å². The van der Waals surface area contributed by atoms with E-state index in [0.717, 1.165) is 57.8 Å². The van der Waals surface area contributed by atoms with Crippen molar-refractivity contribution >= 4 is 13.8 Å². The van der Waals surface area contributed by atoms with Gasteiger partial charge in [-0.1, -0.05) is 147 Å². The second kappa shape index (κ2) is 39.6. The van der Waals surface area contributed by atoms with E-state index in [1.165, 1.54) is 116 Å². The summed E-state index contributed by atoms with van der Waals surface area (Å²) in [5.41, 5.74) is 0. The van der Waals surface area contributed by atoms with Gasteiger partial charge in [-0.15, -0.1) is 0 Å². The predicted molar refractivity (Wildman–Crippen MR) is 214 cm³/mol. The molecule has 0 aromatic rings. The van der Waals surface area contributed by atoms with Crippen molar-refractivity contribution in [1.29, 1.82) is 0 Å². The zero-order valence-electron chi connectivity index (χ0n) is 33.5. The molecule has 0 fully saturated rings. The van der Waals surface area contributed by atoms with E-state index < -0.39 is 33.2 Å². The molecule has 0 saturated carbocycles. The molecule has 0 aliphatic heterocycles. The van der Waals surface area contributed by atoms with Gasteiger partial charge in [-0.2, -0.15) is 0 Å². The van der Waals surface area contributed by atoms with Gasteiger partial charge in [0.15, 0.2) is 0 Å². The first-order valence-corrected chi connectivity index (χ1v) is 22.8. The SMILES string of the molecule is CCCCC/C=C\CCCCCCCCOCC(COP(=O)(O)OCC(O)CO)OC(=O)CCCCCCCCC/C=C\CCCCCCCCC. The highest BCUT2D eigenvalue weighted by molar-refractivity contribution is 7.47. The minimum absolute atomic E-state index is 0.0455. The van der Waals surface area contributed by atoms with E-state index in [0.29, 0.717) is 6.61 Å². The fourth-order valence-corrected chi connectivity index (χ4v) is 6.60. The van der Waals surface area contributed by atoms with Gasteiger partial charge in [-0.05, 0) is 64.2 Å². The fraction of sp³-hybridized carbons (Fsp3) is 0.881. The molecule has 0 aromatic heterocycles. The lowest BCUT2D eigenvalue weighted by molar-refractivity contribution is -0.154. The number of hydrogen-bond donors (Lipinski definition) is 3. The number of unbranched alkanes of at least 4 members (excludes halogenated alkanes) is 23. The summed E-state index contributed by atoms with van der Waals surface area (Å²) in [6.45, 7) is 3.49. The number of allylic oxidation sites excluding steroid dienone is 4. The van der Waals surface area contributed by atoms with E-state index in [1.807, 2.05) is 0 Å². The molecule has 308 valence electrons. The number of rotatable bonds is 41. The van der Waals surface area contributed by atoms with E-state index in [4.69, 9.17) is 23.6 Å². The first kappa shape index (κ1) is 50.9. The van der Waals surface area contributed by atoms with E-state index in [1.54, 1.807) is 0 Å². The second-order valence-electron chi connectivity index (χ2n) is 14.4. The molecule has 0 rings (SSSR count). The van der Waals surface area contributed by atoms with Crippen LogP contribution in [0.15, 0.2) is 24.3 Å². The van der Waals surface area contributed by atoms with Crippen molar-refractivity contribution in [2.45, 2.75) is 206 Å². The van der Waals surface area contributed by atoms with Gasteiger partial charge >= 0.3 is 13.8 Å². The normalized spacial score (nSPS) is 14.3. The molecule has 3 atom stereocenters. The molecule has 0 aromatic carbocycles. The number of carbonyl (C=O) groups excluding carboxylic acids is 1. The Labute approximate surface area is 319 Å². The van der Waals surface area contributed by atoms with Gasteiger partial charge in [0.2, 0.25) is 0 Å². The zero-order valence-corrected chi connectivity index (χ0v) is 34.4. The van der Waals surface area contributed by atoms with Crippen molar-refractivity contribution in [2.24, 2.45) is 0 Å². The van der Waals surface area contributed by atoms with Crippen LogP contribution < -0.4 is 0 Å². The average molecular weight is 761 g/mol. The number of esters is 1. The van der Waals surface area contributed by atoms with Crippen molar-refractivity contribution in [1.82, 2.24) is 0 Å². The quantitative estimate of drug-likeness (QED) is 0.0241. The summed E-state index contributed by atoms with van der Waals surface area (Å²) < 4.78 is 33.3. The Bertz CT molecular complexity index is 866. The Morgan fingerprint density at radius 2 is 0.981 bits per heavy atom. The molecular formula is C42H81O9P. The minimum atomic E-state index is -4.51. The molecule has 0 aliphatic rings. The van der Waals surface area contributed by atoms with Gasteiger partial charge in [0.25, 0.3) is 0 Å². The van der Waals surface area contributed by atoms with Crippen LogP contribution in [0.2, 0.25) is 0 Å². The molecule has 0 amide bonds. The van der Waals surface area contributed by atoms with Crippen LogP contribution in [0, 0.1) is 0 Å². The van der Waals surface area contributed by atoms with Crippen LogP contribution in [0.3, 0.4) is 0 Å². The van der Waals surface area contributed by atoms with Gasteiger partial charge in [0, 0.05) is 13.0 Å². The Morgan fingerprint density at radius 1 is 0.577 bits per heavy atom. The maximum absolute atomic E-state index is 12.6. The van der Waals surface area contributed by atoms with Crippen LogP contribution in [-0.4, -0.2) is 66.3 Å². The molecule has 0 radical (unpaired) electrons. The topological polar surface area (TPSA) is 132 Å². The van der Waals surface area contributed by atoms with Crippen molar-refractivity contribution in [2.75, 3.05) is 33.0 Å². The van der Waals surface area contributed by atoms with Crippen LogP contribution >= 0.6 is 7.82 Å². The van der Waals surface area contributed by atoms with Crippen LogP contribution in [0.25, 0.3) is 0 Å². The first-order chi connectivity index (χ1) is 25.3. The van der Waals surface area contributed by atoms with Crippen LogP contribution in [-0.2, 0) is 27.9 Å². The summed E-state index contributed by atoms with van der Waals surface area (Å²) in [5, 5.41) is 18.3. The minimum Gasteiger partial charge on any atom is -0.457 e. The average Bonchev–Trinajstić information content (AvgIpc) is 3.13. The third kappa shape index (κ3) is 38.7. The maximum atomic E-state index is 12.6. The standard InChI is InChI=1S/C42H81O9P/c1-3-5-7-9-11-13-15-17-18-19-20-21-22-24-26-28-30-32-34-42(45)51-41(39-50-52(46,47)49-37-40(44)36-43)38-48-35-33-31-29-27-25-23-16-14-12-10-8-6-4-2/h12,14,18-19,40-41,43-44H,3-11,13,15-17,20-39H2,1-2H3,(H,46,47)/b14-12-,19-18-. The van der Waals surface area contributed by atoms with Gasteiger partial charge < -0.3 is 24.6 Å². The highest BCUT2D eigenvalue weighted by Crippen LogP contribution is 2.43. The molecule has 52 heavy (non-hydrogen) atoms. The fourth-order valence-electron chi connectivity index (χ4n) is 5.81. The highest BCUT2D eigenvalue weighted by atomic mass is 31.2. The van der Waals surface area contributed by atoms with E-state index >= 15 is 0 Å². The number of ether oxygens (including phenoxy) is 2. The van der Waals surface area contributed by atoms with Gasteiger partial charge in [0.05, 0.1) is 26.4 Å². The van der Waals surface area contributed by atoms with Crippen molar-refractivity contribution in [3.8, 4) is 0 Å². The summed E-state index contributed by atoms with van der Waals surface area (Å²) in [5.74, 6) is -0.388. The Kier molecular flexibility index (Phi) is 38.8. The summed E-state index contributed by atoms with van der Waals surface area (Å²) in [4.78, 5) is 22.5. The van der Waals surface area contributed by atoms with Crippen LogP contribution in [0.5, 0.6) is 0 Å². The molecule has 9 nitrogen and oxygen atoms in total. The van der Waals surface area contributed by atoms with E-state index in [-0.39, 0.29) is 25.6 Å². The maximum Gasteiger partial charge on any atom is 0.472 e. The van der Waals surface area contributed by atoms with Gasteiger partial charge in [0.1, 0.15) is 12.2 Å². The number of phosphoric acid groups is 1. The van der Waals surface area contributed by atoms with E-state index in [9.17, 15) is 19.4 Å². The monoisotopic (exact) mass is 761 g/mol. The van der Waals surface area contributed by atoms with Gasteiger partial charge in [-0.25, -0.2) is 4.57 Å². The lowest BCUT2D eigenvalue weighted by Gasteiger charge is -2.20. The molecule has 0 spiro atoms. The Balaban J connectivity index is 4.17. The predicted octanol–water partition coefficient (Wildman–Crippen LogP) is 11.5. The molecule has 3 N–H and O–H groups in total.